The first-order valence-corrected chi connectivity index (χ1v) is 6.38. The molecule has 21 heavy (non-hydrogen) atoms. The smallest absolute Gasteiger partial charge is 0.376 e. The molecule has 0 aliphatic carbocycles. The molecule has 10 heteroatoms. The van der Waals surface area contributed by atoms with E-state index in [1.54, 1.807) is 0 Å². The van der Waals surface area contributed by atoms with E-state index in [1.165, 1.54) is 0 Å². The van der Waals surface area contributed by atoms with Gasteiger partial charge in [-0.05, 0) is 12.8 Å². The topological polar surface area (TPSA) is 78.2 Å². The Kier molecular flexibility index (Phi) is 4.35. The van der Waals surface area contributed by atoms with E-state index in [-0.39, 0.29) is 12.6 Å². The lowest BCUT2D eigenvalue weighted by molar-refractivity contribution is -0.147. The molecule has 7 nitrogen and oxygen atoms in total. The van der Waals surface area contributed by atoms with Crippen LogP contribution in [0.1, 0.15) is 18.7 Å². The molecule has 1 aliphatic heterocycles. The van der Waals surface area contributed by atoms with Crippen LogP contribution in [0.2, 0.25) is 0 Å². The molecule has 0 unspecified atom stereocenters. The molecule has 1 aromatic heterocycles. The van der Waals surface area contributed by atoms with Gasteiger partial charge in [-0.1, -0.05) is 0 Å². The Morgan fingerprint density at radius 3 is 2.76 bits per heavy atom. The maximum Gasteiger partial charge on any atom is 0.451 e. The summed E-state index contributed by atoms with van der Waals surface area (Å²) >= 11 is 0. The van der Waals surface area contributed by atoms with Crippen molar-refractivity contribution >= 4 is 5.91 Å². The number of alkyl halides is 3. The number of hydrogen-bond acceptors (Lipinski definition) is 4. The second-order valence-corrected chi connectivity index (χ2v) is 4.76. The molecule has 1 saturated heterocycles. The quantitative estimate of drug-likeness (QED) is 0.842. The summed E-state index contributed by atoms with van der Waals surface area (Å²) in [7, 11) is 0.957. The Labute approximate surface area is 117 Å². The van der Waals surface area contributed by atoms with Crippen molar-refractivity contribution < 1.29 is 22.7 Å². The highest BCUT2D eigenvalue weighted by atomic mass is 19.4. The van der Waals surface area contributed by atoms with Gasteiger partial charge in [0.2, 0.25) is 11.7 Å². The van der Waals surface area contributed by atoms with Crippen LogP contribution in [0.25, 0.3) is 0 Å². The van der Waals surface area contributed by atoms with Gasteiger partial charge in [-0.2, -0.15) is 13.2 Å². The Morgan fingerprint density at radius 1 is 1.52 bits per heavy atom. The lowest BCUT2D eigenvalue weighted by atomic mass is 10.2. The van der Waals surface area contributed by atoms with E-state index in [2.05, 4.69) is 10.4 Å². The molecule has 0 bridgehead atoms. The second-order valence-electron chi connectivity index (χ2n) is 4.76. The van der Waals surface area contributed by atoms with E-state index in [9.17, 15) is 22.8 Å². The summed E-state index contributed by atoms with van der Waals surface area (Å²) in [5.74, 6) is -1.92. The van der Waals surface area contributed by atoms with Gasteiger partial charge in [0.1, 0.15) is 6.54 Å². The first-order valence-electron chi connectivity index (χ1n) is 6.38. The number of ether oxygens (including phenoxy) is 1. The molecule has 1 amide bonds. The number of rotatable bonds is 4. The van der Waals surface area contributed by atoms with Crippen molar-refractivity contribution in [1.82, 2.24) is 19.7 Å². The van der Waals surface area contributed by atoms with Gasteiger partial charge in [0.05, 0.1) is 6.10 Å². The van der Waals surface area contributed by atoms with Gasteiger partial charge in [0, 0.05) is 20.2 Å². The predicted molar refractivity (Wildman–Crippen MR) is 64.5 cm³/mol. The summed E-state index contributed by atoms with van der Waals surface area (Å²) in [5, 5.41) is 5.66. The summed E-state index contributed by atoms with van der Waals surface area (Å²) in [6, 6.07) is 0. The normalized spacial score (nSPS) is 19.0. The van der Waals surface area contributed by atoms with Gasteiger partial charge >= 0.3 is 11.9 Å². The second kappa shape index (κ2) is 5.88. The summed E-state index contributed by atoms with van der Waals surface area (Å²) in [5.41, 5.74) is -0.991. The summed E-state index contributed by atoms with van der Waals surface area (Å²) in [6.07, 6.45) is -3.09. The molecule has 2 rings (SSSR count). The molecule has 1 N–H and O–H groups in total. The Morgan fingerprint density at radius 2 is 2.24 bits per heavy atom. The van der Waals surface area contributed by atoms with Crippen LogP contribution in [0.5, 0.6) is 0 Å². The van der Waals surface area contributed by atoms with E-state index in [0.717, 1.165) is 19.9 Å². The summed E-state index contributed by atoms with van der Waals surface area (Å²) in [6.45, 7) is 0.344. The number of halogens is 3. The monoisotopic (exact) mass is 308 g/mol. The van der Waals surface area contributed by atoms with Crippen molar-refractivity contribution in [3.05, 3.63) is 16.3 Å². The zero-order valence-electron chi connectivity index (χ0n) is 11.3. The third kappa shape index (κ3) is 3.63. The minimum absolute atomic E-state index is 0.0832. The number of nitrogens with zero attached hydrogens (tertiary/aromatic N) is 3. The lowest BCUT2D eigenvalue weighted by Gasteiger charge is -2.10. The Hall–Kier alpha value is -1.84. The largest absolute Gasteiger partial charge is 0.451 e. The van der Waals surface area contributed by atoms with Crippen LogP contribution in [-0.4, -0.2) is 39.5 Å². The summed E-state index contributed by atoms with van der Waals surface area (Å²) in [4.78, 5) is 23.2. The first-order chi connectivity index (χ1) is 9.79. The fraction of sp³-hybridized carbons (Fsp3) is 0.727. The van der Waals surface area contributed by atoms with Crippen LogP contribution in [0.3, 0.4) is 0 Å². The number of carbonyl (C=O) groups is 1. The fourth-order valence-corrected chi connectivity index (χ4v) is 2.06. The van der Waals surface area contributed by atoms with Crippen molar-refractivity contribution in [3.8, 4) is 0 Å². The number of amides is 1. The molecular formula is C11H15F3N4O3. The first kappa shape index (κ1) is 15.5. The third-order valence-electron chi connectivity index (χ3n) is 3.14. The van der Waals surface area contributed by atoms with E-state index in [4.69, 9.17) is 4.74 Å². The van der Waals surface area contributed by atoms with E-state index in [0.29, 0.717) is 15.9 Å². The fourth-order valence-electron chi connectivity index (χ4n) is 2.06. The number of carbonyl (C=O) groups excluding carboxylic acids is 1. The van der Waals surface area contributed by atoms with Gasteiger partial charge in [-0.25, -0.2) is 9.48 Å². The highest BCUT2D eigenvalue weighted by Gasteiger charge is 2.38. The van der Waals surface area contributed by atoms with Gasteiger partial charge in [0.25, 0.3) is 0 Å². The zero-order valence-corrected chi connectivity index (χ0v) is 11.3. The molecule has 0 saturated carbocycles. The molecule has 0 spiro atoms. The highest BCUT2D eigenvalue weighted by Crippen LogP contribution is 2.25. The molecule has 1 atom stereocenters. The van der Waals surface area contributed by atoms with Crippen molar-refractivity contribution in [2.45, 2.75) is 31.7 Å². The lowest BCUT2D eigenvalue weighted by Crippen LogP contribution is -2.37. The molecule has 0 aromatic carbocycles. The van der Waals surface area contributed by atoms with Gasteiger partial charge in [-0.15, -0.1) is 5.10 Å². The van der Waals surface area contributed by atoms with Crippen LogP contribution >= 0.6 is 0 Å². The molecule has 1 aliphatic rings. The standard InChI is InChI=1S/C11H15F3N4O3/c1-17-9(11(12,13)14)16-18(10(17)20)6-8(19)15-5-7-3-2-4-21-7/h7H,2-6H2,1H3,(H,15,19)/t7-/m0/s1. The molecule has 118 valence electrons. The van der Waals surface area contributed by atoms with Gasteiger partial charge in [-0.3, -0.25) is 9.36 Å². The van der Waals surface area contributed by atoms with Gasteiger partial charge in [0.15, 0.2) is 0 Å². The van der Waals surface area contributed by atoms with Crippen molar-refractivity contribution in [3.63, 3.8) is 0 Å². The molecule has 2 heterocycles. The van der Waals surface area contributed by atoms with Crippen molar-refractivity contribution in [1.29, 1.82) is 0 Å². The Balaban J connectivity index is 1.99. The molecule has 1 aromatic rings. The highest BCUT2D eigenvalue weighted by molar-refractivity contribution is 5.75. The van der Waals surface area contributed by atoms with Crippen LogP contribution in [0, 0.1) is 0 Å². The van der Waals surface area contributed by atoms with Crippen LogP contribution < -0.4 is 11.0 Å². The molecular weight excluding hydrogens is 293 g/mol. The third-order valence-corrected chi connectivity index (χ3v) is 3.14. The predicted octanol–water partition coefficient (Wildman–Crippen LogP) is -0.104. The van der Waals surface area contributed by atoms with Gasteiger partial charge < -0.3 is 10.1 Å². The minimum atomic E-state index is -4.74. The van der Waals surface area contributed by atoms with E-state index >= 15 is 0 Å². The summed E-state index contributed by atoms with van der Waals surface area (Å²) < 4.78 is 43.9. The van der Waals surface area contributed by atoms with Crippen molar-refractivity contribution in [2.24, 2.45) is 7.05 Å². The number of hydrogen-bond donors (Lipinski definition) is 1. The number of nitrogens with one attached hydrogen (secondary N) is 1. The Bertz CT molecular complexity index is 572. The molecule has 1 fully saturated rings. The van der Waals surface area contributed by atoms with Crippen LogP contribution in [0.4, 0.5) is 13.2 Å². The van der Waals surface area contributed by atoms with Crippen molar-refractivity contribution in [2.75, 3.05) is 13.2 Å². The molecule has 0 radical (unpaired) electrons. The minimum Gasteiger partial charge on any atom is -0.376 e. The van der Waals surface area contributed by atoms with E-state index < -0.39 is 30.1 Å². The van der Waals surface area contributed by atoms with Crippen LogP contribution in [-0.2, 0) is 29.3 Å². The van der Waals surface area contributed by atoms with Crippen LogP contribution in [0.15, 0.2) is 4.79 Å². The SMILES string of the molecule is Cn1c(C(F)(F)F)nn(CC(=O)NC[C@@H]2CCCO2)c1=O. The maximum absolute atomic E-state index is 12.6. The van der Waals surface area contributed by atoms with E-state index in [1.807, 2.05) is 0 Å². The average Bonchev–Trinajstić information content (AvgIpc) is 2.99. The zero-order chi connectivity index (χ0) is 15.6. The number of aromatic nitrogens is 3. The average molecular weight is 308 g/mol. The maximum atomic E-state index is 12.6.